The van der Waals surface area contributed by atoms with Crippen molar-refractivity contribution in [3.8, 4) is 5.75 Å². The van der Waals surface area contributed by atoms with Gasteiger partial charge in [-0.15, -0.1) is 0 Å². The largest absolute Gasteiger partial charge is 0.495 e. The highest BCUT2D eigenvalue weighted by atomic mass is 16.5. The average Bonchev–Trinajstić information content (AvgIpc) is 2.18. The minimum atomic E-state index is -0.624. The molecule has 1 heterocycles. The lowest BCUT2D eigenvalue weighted by Crippen LogP contribution is -2.39. The van der Waals surface area contributed by atoms with Crippen molar-refractivity contribution in [1.82, 2.24) is 4.98 Å². The minimum Gasteiger partial charge on any atom is -0.495 e. The second-order valence-corrected chi connectivity index (χ2v) is 3.40. The molecule has 1 aromatic rings. The quantitative estimate of drug-likeness (QED) is 0.777. The van der Waals surface area contributed by atoms with Gasteiger partial charge in [-0.2, -0.15) is 0 Å². The fourth-order valence-corrected chi connectivity index (χ4v) is 1.35. The molecule has 4 nitrogen and oxygen atoms in total. The molecule has 1 rings (SSSR count). The Hall–Kier alpha value is -1.13. The second-order valence-electron chi connectivity index (χ2n) is 3.40. The van der Waals surface area contributed by atoms with Crippen LogP contribution in [0.4, 0.5) is 0 Å². The first-order valence-electron chi connectivity index (χ1n) is 4.39. The van der Waals surface area contributed by atoms with Gasteiger partial charge in [0.25, 0.3) is 0 Å². The minimum absolute atomic E-state index is 0.403. The molecule has 2 N–H and O–H groups in total. The van der Waals surface area contributed by atoms with E-state index >= 15 is 0 Å². The van der Waals surface area contributed by atoms with E-state index in [1.807, 2.05) is 19.1 Å². The fraction of sp³-hybridized carbons (Fsp3) is 0.500. The Morgan fingerprint density at radius 3 is 2.79 bits per heavy atom. The summed E-state index contributed by atoms with van der Waals surface area (Å²) in [6, 6.07) is 3.65. The third-order valence-corrected chi connectivity index (χ3v) is 1.98. The van der Waals surface area contributed by atoms with E-state index in [-0.39, 0.29) is 0 Å². The highest BCUT2D eigenvalue weighted by molar-refractivity contribution is 5.32. The molecule has 1 aromatic heterocycles. The zero-order valence-electron chi connectivity index (χ0n) is 8.78. The van der Waals surface area contributed by atoms with Crippen LogP contribution in [0.1, 0.15) is 12.6 Å². The van der Waals surface area contributed by atoms with Crippen molar-refractivity contribution >= 4 is 0 Å². The van der Waals surface area contributed by atoms with Crippen LogP contribution in [0, 0.1) is 0 Å². The number of nitrogens with two attached hydrogens (primary N) is 1. The summed E-state index contributed by atoms with van der Waals surface area (Å²) in [6.45, 7) is 2.27. The molecule has 0 saturated heterocycles. The molecule has 0 radical (unpaired) electrons. The van der Waals surface area contributed by atoms with E-state index in [4.69, 9.17) is 15.2 Å². The predicted octanol–water partition coefficient (Wildman–Crippen LogP) is 0.910. The molecule has 0 saturated carbocycles. The molecule has 0 aromatic carbocycles. The molecule has 0 aliphatic carbocycles. The van der Waals surface area contributed by atoms with Crippen LogP contribution >= 0.6 is 0 Å². The van der Waals surface area contributed by atoms with Gasteiger partial charge in [-0.3, -0.25) is 4.98 Å². The van der Waals surface area contributed by atoms with Crippen LogP contribution in [-0.2, 0) is 10.3 Å². The lowest BCUT2D eigenvalue weighted by molar-refractivity contribution is 0.137. The predicted molar refractivity (Wildman–Crippen MR) is 54.2 cm³/mol. The number of nitrogens with zero attached hydrogens (tertiary/aromatic N) is 1. The molecule has 0 amide bonds. The molecule has 14 heavy (non-hydrogen) atoms. The maximum atomic E-state index is 6.06. The number of ether oxygens (including phenoxy) is 2. The molecule has 78 valence electrons. The molecule has 0 aliphatic rings. The van der Waals surface area contributed by atoms with Gasteiger partial charge in [0.2, 0.25) is 0 Å². The summed E-state index contributed by atoms with van der Waals surface area (Å²) in [6.07, 6.45) is 1.69. The number of methoxy groups -OCH3 is 2. The van der Waals surface area contributed by atoms with E-state index in [0.29, 0.717) is 18.1 Å². The summed E-state index contributed by atoms with van der Waals surface area (Å²) in [5.74, 6) is 0.689. The van der Waals surface area contributed by atoms with E-state index in [9.17, 15) is 0 Å². The molecule has 1 atom stereocenters. The van der Waals surface area contributed by atoms with Crippen molar-refractivity contribution in [2.24, 2.45) is 5.73 Å². The Morgan fingerprint density at radius 1 is 1.50 bits per heavy atom. The maximum absolute atomic E-state index is 6.06. The molecular formula is C10H16N2O2. The van der Waals surface area contributed by atoms with Crippen molar-refractivity contribution < 1.29 is 9.47 Å². The van der Waals surface area contributed by atoms with Gasteiger partial charge in [0.15, 0.2) is 0 Å². The number of hydrogen-bond donors (Lipinski definition) is 1. The monoisotopic (exact) mass is 196 g/mol. The Labute approximate surface area is 84.0 Å². The van der Waals surface area contributed by atoms with Gasteiger partial charge in [-0.25, -0.2) is 0 Å². The van der Waals surface area contributed by atoms with Crippen LogP contribution in [-0.4, -0.2) is 25.8 Å². The van der Waals surface area contributed by atoms with Crippen LogP contribution in [0.5, 0.6) is 5.75 Å². The Balaban J connectivity index is 3.04. The van der Waals surface area contributed by atoms with Crippen molar-refractivity contribution in [3.63, 3.8) is 0 Å². The van der Waals surface area contributed by atoms with Crippen LogP contribution in [0.15, 0.2) is 18.3 Å². The second kappa shape index (κ2) is 4.39. The average molecular weight is 196 g/mol. The lowest BCUT2D eigenvalue weighted by atomic mass is 9.99. The van der Waals surface area contributed by atoms with Gasteiger partial charge >= 0.3 is 0 Å². The number of hydrogen-bond acceptors (Lipinski definition) is 4. The maximum Gasteiger partial charge on any atom is 0.142 e. The molecule has 4 heteroatoms. The smallest absolute Gasteiger partial charge is 0.142 e. The third kappa shape index (κ3) is 2.21. The standard InChI is InChI=1S/C10H16N2O2/c1-10(11,7-13-2)9-8(14-3)5-4-6-12-9/h4-6H,7,11H2,1-3H3. The molecule has 0 aliphatic heterocycles. The van der Waals surface area contributed by atoms with Gasteiger partial charge in [0.05, 0.1) is 19.3 Å². The zero-order valence-corrected chi connectivity index (χ0v) is 8.78. The van der Waals surface area contributed by atoms with Crippen molar-refractivity contribution in [3.05, 3.63) is 24.0 Å². The van der Waals surface area contributed by atoms with E-state index in [1.54, 1.807) is 20.4 Å². The first kappa shape index (κ1) is 10.9. The van der Waals surface area contributed by atoms with E-state index in [2.05, 4.69) is 4.98 Å². The number of aromatic nitrogens is 1. The molecule has 0 spiro atoms. The first-order valence-corrected chi connectivity index (χ1v) is 4.39. The number of pyridine rings is 1. The van der Waals surface area contributed by atoms with E-state index < -0.39 is 5.54 Å². The topological polar surface area (TPSA) is 57.4 Å². The van der Waals surface area contributed by atoms with Crippen LogP contribution in [0.2, 0.25) is 0 Å². The van der Waals surface area contributed by atoms with Crippen LogP contribution in [0.25, 0.3) is 0 Å². The van der Waals surface area contributed by atoms with Crippen LogP contribution in [0.3, 0.4) is 0 Å². The zero-order chi connectivity index (χ0) is 10.6. The Kier molecular flexibility index (Phi) is 3.43. The van der Waals surface area contributed by atoms with Gasteiger partial charge in [-0.05, 0) is 19.1 Å². The van der Waals surface area contributed by atoms with Crippen LogP contribution < -0.4 is 10.5 Å². The van der Waals surface area contributed by atoms with Crippen molar-refractivity contribution in [2.45, 2.75) is 12.5 Å². The Morgan fingerprint density at radius 2 is 2.21 bits per heavy atom. The SMILES string of the molecule is COCC(C)(N)c1ncccc1OC. The molecule has 0 bridgehead atoms. The summed E-state index contributed by atoms with van der Waals surface area (Å²) in [7, 11) is 3.21. The van der Waals surface area contributed by atoms with Gasteiger partial charge in [0, 0.05) is 13.3 Å². The normalized spacial score (nSPS) is 14.9. The van der Waals surface area contributed by atoms with Gasteiger partial charge in [0.1, 0.15) is 11.4 Å². The van der Waals surface area contributed by atoms with E-state index in [1.165, 1.54) is 0 Å². The Bertz CT molecular complexity index is 300. The van der Waals surface area contributed by atoms with Crippen molar-refractivity contribution in [1.29, 1.82) is 0 Å². The molecular weight excluding hydrogens is 180 g/mol. The highest BCUT2D eigenvalue weighted by Crippen LogP contribution is 2.25. The summed E-state index contributed by atoms with van der Waals surface area (Å²) in [5.41, 5.74) is 6.15. The van der Waals surface area contributed by atoms with E-state index in [0.717, 1.165) is 0 Å². The van der Waals surface area contributed by atoms with Gasteiger partial charge < -0.3 is 15.2 Å². The summed E-state index contributed by atoms with van der Waals surface area (Å²) in [4.78, 5) is 4.21. The van der Waals surface area contributed by atoms with Gasteiger partial charge in [-0.1, -0.05) is 0 Å². The summed E-state index contributed by atoms with van der Waals surface area (Å²) < 4.78 is 10.2. The lowest BCUT2D eigenvalue weighted by Gasteiger charge is -2.24. The molecule has 0 fully saturated rings. The summed E-state index contributed by atoms with van der Waals surface area (Å²) in [5, 5.41) is 0. The number of rotatable bonds is 4. The molecule has 1 unspecified atom stereocenters. The highest BCUT2D eigenvalue weighted by Gasteiger charge is 2.26. The summed E-state index contributed by atoms with van der Waals surface area (Å²) >= 11 is 0. The fourth-order valence-electron chi connectivity index (χ4n) is 1.35. The third-order valence-electron chi connectivity index (χ3n) is 1.98. The van der Waals surface area contributed by atoms with Crippen molar-refractivity contribution in [2.75, 3.05) is 20.8 Å². The first-order chi connectivity index (χ1) is 6.61.